The van der Waals surface area contributed by atoms with Gasteiger partial charge in [0, 0.05) is 0 Å². The minimum Gasteiger partial charge on any atom is -0.496 e. The van der Waals surface area contributed by atoms with Crippen molar-refractivity contribution in [2.45, 2.75) is 45.1 Å². The Hall–Kier alpha value is -1.60. The molecule has 0 spiro atoms. The van der Waals surface area contributed by atoms with Crippen molar-refractivity contribution < 1.29 is 23.1 Å². The van der Waals surface area contributed by atoms with Gasteiger partial charge in [-0.3, -0.25) is 4.79 Å². The molecule has 6 nitrogen and oxygen atoms in total. The maximum Gasteiger partial charge on any atom is 0.322 e. The van der Waals surface area contributed by atoms with Crippen LogP contribution in [0.2, 0.25) is 0 Å². The molecule has 0 unspecified atom stereocenters. The molecule has 0 saturated carbocycles. The van der Waals surface area contributed by atoms with Gasteiger partial charge in [-0.15, -0.1) is 0 Å². The van der Waals surface area contributed by atoms with Gasteiger partial charge >= 0.3 is 5.97 Å². The van der Waals surface area contributed by atoms with E-state index in [0.29, 0.717) is 23.3 Å². The highest BCUT2D eigenvalue weighted by atomic mass is 32.2. The van der Waals surface area contributed by atoms with Crippen LogP contribution < -0.4 is 9.46 Å². The molecule has 0 amide bonds. The number of ether oxygens (including phenoxy) is 1. The van der Waals surface area contributed by atoms with Crippen molar-refractivity contribution in [3.8, 4) is 5.75 Å². The molecule has 0 bridgehead atoms. The Morgan fingerprint density at radius 2 is 1.82 bits per heavy atom. The van der Waals surface area contributed by atoms with Gasteiger partial charge in [-0.25, -0.2) is 8.42 Å². The monoisotopic (exact) mass is 329 g/mol. The van der Waals surface area contributed by atoms with E-state index in [2.05, 4.69) is 4.72 Å². The van der Waals surface area contributed by atoms with Gasteiger partial charge in [-0.05, 0) is 43.0 Å². The molecular formula is C15H23NO5S. The molecule has 1 aromatic rings. The molecule has 2 N–H and O–H groups in total. The highest BCUT2D eigenvalue weighted by molar-refractivity contribution is 7.89. The third-order valence-corrected chi connectivity index (χ3v) is 5.13. The first kappa shape index (κ1) is 18.4. The molecule has 1 rings (SSSR count). The standard InChI is InChI=1S/C15H23NO5S/c1-6-9(2)13(15(17)18)16-22(19,20)12-7-10(3)14(21-5)11(4)8-12/h7-9,13,16H,6H2,1-5H3,(H,17,18)/t9-,13-/m0/s1. The molecule has 0 radical (unpaired) electrons. The lowest BCUT2D eigenvalue weighted by molar-refractivity contribution is -0.140. The van der Waals surface area contributed by atoms with Crippen molar-refractivity contribution in [2.75, 3.05) is 7.11 Å². The van der Waals surface area contributed by atoms with Crippen LogP contribution in [0.4, 0.5) is 0 Å². The maximum absolute atomic E-state index is 12.5. The number of nitrogens with one attached hydrogen (secondary N) is 1. The smallest absolute Gasteiger partial charge is 0.322 e. The maximum atomic E-state index is 12.5. The number of aryl methyl sites for hydroxylation is 2. The van der Waals surface area contributed by atoms with Gasteiger partial charge in [-0.2, -0.15) is 4.72 Å². The van der Waals surface area contributed by atoms with Crippen molar-refractivity contribution in [3.05, 3.63) is 23.3 Å². The summed E-state index contributed by atoms with van der Waals surface area (Å²) in [4.78, 5) is 11.3. The highest BCUT2D eigenvalue weighted by Crippen LogP contribution is 2.26. The number of methoxy groups -OCH3 is 1. The van der Waals surface area contributed by atoms with Crippen LogP contribution in [0.5, 0.6) is 5.75 Å². The Bertz CT molecular complexity index is 631. The zero-order valence-corrected chi connectivity index (χ0v) is 14.3. The first-order chi connectivity index (χ1) is 10.1. The molecule has 0 saturated heterocycles. The second-order valence-corrected chi connectivity index (χ2v) is 7.13. The van der Waals surface area contributed by atoms with E-state index in [1.807, 2.05) is 6.92 Å². The number of hydrogen-bond acceptors (Lipinski definition) is 4. The van der Waals surface area contributed by atoms with E-state index in [-0.39, 0.29) is 10.8 Å². The van der Waals surface area contributed by atoms with Crippen LogP contribution in [0.3, 0.4) is 0 Å². The number of carboxylic acid groups (broad SMARTS) is 1. The Labute approximate surface area is 131 Å². The lowest BCUT2D eigenvalue weighted by atomic mass is 10.0. The molecule has 0 aliphatic carbocycles. The summed E-state index contributed by atoms with van der Waals surface area (Å²) in [6.07, 6.45) is 0.556. The average Bonchev–Trinajstić information content (AvgIpc) is 2.43. The van der Waals surface area contributed by atoms with Crippen LogP contribution in [-0.4, -0.2) is 32.6 Å². The van der Waals surface area contributed by atoms with E-state index >= 15 is 0 Å². The zero-order chi connectivity index (χ0) is 17.1. The molecule has 0 aliphatic heterocycles. The van der Waals surface area contributed by atoms with E-state index in [1.54, 1.807) is 20.8 Å². The Morgan fingerprint density at radius 3 is 2.18 bits per heavy atom. The number of aliphatic carboxylic acids is 1. The molecule has 0 heterocycles. The number of rotatable bonds is 7. The van der Waals surface area contributed by atoms with Crippen molar-refractivity contribution in [1.29, 1.82) is 0 Å². The third-order valence-electron chi connectivity index (χ3n) is 3.71. The van der Waals surface area contributed by atoms with E-state index in [9.17, 15) is 18.3 Å². The number of carbonyl (C=O) groups is 1. The summed E-state index contributed by atoms with van der Waals surface area (Å²) in [5.74, 6) is -0.872. The second-order valence-electron chi connectivity index (χ2n) is 5.41. The number of sulfonamides is 1. The topological polar surface area (TPSA) is 92.7 Å². The van der Waals surface area contributed by atoms with Crippen LogP contribution in [-0.2, 0) is 14.8 Å². The fourth-order valence-electron chi connectivity index (χ4n) is 2.27. The van der Waals surface area contributed by atoms with Crippen LogP contribution in [0.15, 0.2) is 17.0 Å². The quantitative estimate of drug-likeness (QED) is 0.799. The van der Waals surface area contributed by atoms with Gasteiger partial charge in [0.2, 0.25) is 10.0 Å². The summed E-state index contributed by atoms with van der Waals surface area (Å²) in [5, 5.41) is 9.23. The average molecular weight is 329 g/mol. The summed E-state index contributed by atoms with van der Waals surface area (Å²) in [5.41, 5.74) is 1.36. The van der Waals surface area contributed by atoms with Crippen molar-refractivity contribution in [2.24, 2.45) is 5.92 Å². The lowest BCUT2D eigenvalue weighted by Gasteiger charge is -2.20. The number of benzene rings is 1. The summed E-state index contributed by atoms with van der Waals surface area (Å²) >= 11 is 0. The number of carboxylic acids is 1. The SMILES string of the molecule is CC[C@H](C)[C@H](NS(=O)(=O)c1cc(C)c(OC)c(C)c1)C(=O)O. The highest BCUT2D eigenvalue weighted by Gasteiger charge is 2.29. The molecule has 7 heteroatoms. The van der Waals surface area contributed by atoms with Crippen molar-refractivity contribution >= 4 is 16.0 Å². The summed E-state index contributed by atoms with van der Waals surface area (Å²) in [6.45, 7) is 7.00. The molecule has 22 heavy (non-hydrogen) atoms. The normalized spacial score (nSPS) is 14.4. The first-order valence-electron chi connectivity index (χ1n) is 7.04. The van der Waals surface area contributed by atoms with E-state index in [4.69, 9.17) is 4.74 Å². The fourth-order valence-corrected chi connectivity index (χ4v) is 3.74. The van der Waals surface area contributed by atoms with Gasteiger partial charge in [-0.1, -0.05) is 20.3 Å². The summed E-state index contributed by atoms with van der Waals surface area (Å²) in [7, 11) is -2.40. The van der Waals surface area contributed by atoms with E-state index in [0.717, 1.165) is 0 Å². The number of hydrogen-bond donors (Lipinski definition) is 2. The second kappa shape index (κ2) is 7.11. The molecule has 0 aliphatic rings. The van der Waals surface area contributed by atoms with Crippen LogP contribution in [0, 0.1) is 19.8 Å². The molecule has 2 atom stereocenters. The van der Waals surface area contributed by atoms with E-state index < -0.39 is 22.0 Å². The van der Waals surface area contributed by atoms with Gasteiger partial charge < -0.3 is 9.84 Å². The summed E-state index contributed by atoms with van der Waals surface area (Å²) in [6, 6.07) is 1.80. The van der Waals surface area contributed by atoms with Gasteiger partial charge in [0.1, 0.15) is 11.8 Å². The third kappa shape index (κ3) is 3.98. The van der Waals surface area contributed by atoms with Gasteiger partial charge in [0.15, 0.2) is 0 Å². The Morgan fingerprint density at radius 1 is 1.32 bits per heavy atom. The van der Waals surface area contributed by atoms with Crippen molar-refractivity contribution in [1.82, 2.24) is 4.72 Å². The summed E-state index contributed by atoms with van der Waals surface area (Å²) < 4.78 is 32.4. The first-order valence-corrected chi connectivity index (χ1v) is 8.52. The van der Waals surface area contributed by atoms with Gasteiger partial charge in [0.05, 0.1) is 12.0 Å². The minimum atomic E-state index is -3.92. The molecule has 0 aromatic heterocycles. The molecular weight excluding hydrogens is 306 g/mol. The molecule has 1 aromatic carbocycles. The van der Waals surface area contributed by atoms with E-state index in [1.165, 1.54) is 19.2 Å². The predicted octanol–water partition coefficient (Wildman–Crippen LogP) is 2.09. The molecule has 0 fully saturated rings. The van der Waals surface area contributed by atoms with Crippen LogP contribution in [0.1, 0.15) is 31.4 Å². The largest absolute Gasteiger partial charge is 0.496 e. The predicted molar refractivity (Wildman–Crippen MR) is 83.7 cm³/mol. The van der Waals surface area contributed by atoms with Crippen molar-refractivity contribution in [3.63, 3.8) is 0 Å². The fraction of sp³-hybridized carbons (Fsp3) is 0.533. The zero-order valence-electron chi connectivity index (χ0n) is 13.5. The Kier molecular flexibility index (Phi) is 5.96. The van der Waals surface area contributed by atoms with Crippen LogP contribution >= 0.6 is 0 Å². The lowest BCUT2D eigenvalue weighted by Crippen LogP contribution is -2.44. The van der Waals surface area contributed by atoms with Crippen LogP contribution in [0.25, 0.3) is 0 Å². The van der Waals surface area contributed by atoms with Gasteiger partial charge in [0.25, 0.3) is 0 Å². The Balaban J connectivity index is 3.22. The minimum absolute atomic E-state index is 0.0397. The molecule has 124 valence electrons.